The van der Waals surface area contributed by atoms with Gasteiger partial charge in [-0.2, -0.15) is 0 Å². The van der Waals surface area contributed by atoms with Gasteiger partial charge in [-0.15, -0.1) is 13.2 Å². The number of hydrogen-bond donors (Lipinski definition) is 2. The molecule has 0 aliphatic heterocycles. The van der Waals surface area contributed by atoms with Crippen LogP contribution in [0.3, 0.4) is 0 Å². The van der Waals surface area contributed by atoms with E-state index in [0.29, 0.717) is 12.4 Å². The van der Waals surface area contributed by atoms with Crippen molar-refractivity contribution in [3.8, 4) is 0 Å². The fourth-order valence-corrected chi connectivity index (χ4v) is 1.03. The number of aliphatic hydroxyl groups is 1. The van der Waals surface area contributed by atoms with Crippen molar-refractivity contribution in [3.05, 3.63) is 37.1 Å². The summed E-state index contributed by atoms with van der Waals surface area (Å²) in [5.41, 5.74) is 7.27. The van der Waals surface area contributed by atoms with Gasteiger partial charge in [-0.25, -0.2) is 4.98 Å². The number of aliphatic hydroxyl groups excluding tert-OH is 1. The number of nitrogen functional groups attached to an aromatic ring is 1. The second-order valence-electron chi connectivity index (χ2n) is 2.63. The van der Waals surface area contributed by atoms with Crippen LogP contribution in [0, 0.1) is 0 Å². The maximum Gasteiger partial charge on any atom is 0.132 e. The number of anilines is 1. The van der Waals surface area contributed by atoms with Gasteiger partial charge in [-0.3, -0.25) is 4.99 Å². The van der Waals surface area contributed by atoms with Crippen LogP contribution in [0.4, 0.5) is 5.82 Å². The molecule has 0 amide bonds. The average Bonchev–Trinajstić information content (AvgIpc) is 2.29. The van der Waals surface area contributed by atoms with Crippen molar-refractivity contribution >= 4 is 11.5 Å². The van der Waals surface area contributed by atoms with E-state index in [1.807, 2.05) is 19.1 Å². The van der Waals surface area contributed by atoms with Crippen LogP contribution in [0.25, 0.3) is 0 Å². The lowest BCUT2D eigenvalue weighted by molar-refractivity contribution is 0.307. The van der Waals surface area contributed by atoms with Crippen LogP contribution in [0.2, 0.25) is 0 Å². The van der Waals surface area contributed by atoms with Gasteiger partial charge in [0.05, 0.1) is 13.2 Å². The predicted octanol–water partition coefficient (Wildman–Crippen LogP) is 1.27. The lowest BCUT2D eigenvalue weighted by Gasteiger charge is -2.02. The molecule has 3 N–H and O–H groups in total. The average molecular weight is 207 g/mol. The highest BCUT2D eigenvalue weighted by Crippen LogP contribution is 2.07. The zero-order valence-electron chi connectivity index (χ0n) is 8.98. The third-order valence-electron chi connectivity index (χ3n) is 1.68. The summed E-state index contributed by atoms with van der Waals surface area (Å²) in [6.07, 6.45) is 1.64. The van der Waals surface area contributed by atoms with Gasteiger partial charge in [0.15, 0.2) is 0 Å². The second-order valence-corrected chi connectivity index (χ2v) is 2.63. The number of nitrogens with two attached hydrogens (primary N) is 1. The smallest absolute Gasteiger partial charge is 0.132 e. The van der Waals surface area contributed by atoms with Crippen molar-refractivity contribution in [2.75, 3.05) is 18.9 Å². The van der Waals surface area contributed by atoms with Gasteiger partial charge in [-0.1, -0.05) is 0 Å². The quantitative estimate of drug-likeness (QED) is 0.579. The summed E-state index contributed by atoms with van der Waals surface area (Å²) in [4.78, 5) is 8.06. The Morgan fingerprint density at radius 3 is 2.80 bits per heavy atom. The van der Waals surface area contributed by atoms with E-state index in [1.54, 1.807) is 6.20 Å². The van der Waals surface area contributed by atoms with Crippen molar-refractivity contribution < 1.29 is 5.11 Å². The molecule has 1 aromatic rings. The molecule has 1 rings (SSSR count). The minimum Gasteiger partial charge on any atom is -0.394 e. The largest absolute Gasteiger partial charge is 0.394 e. The fraction of sp³-hybridized carbons (Fsp3) is 0.273. The molecule has 0 aliphatic carbocycles. The highest BCUT2D eigenvalue weighted by atomic mass is 16.3. The van der Waals surface area contributed by atoms with Crippen LogP contribution in [-0.4, -0.2) is 29.0 Å². The number of hydrogen-bond acceptors (Lipinski definition) is 4. The number of rotatable bonds is 3. The van der Waals surface area contributed by atoms with E-state index in [1.165, 1.54) is 0 Å². The number of pyridine rings is 1. The Morgan fingerprint density at radius 1 is 1.60 bits per heavy atom. The van der Waals surface area contributed by atoms with Gasteiger partial charge in [0.25, 0.3) is 0 Å². The van der Waals surface area contributed by atoms with E-state index >= 15 is 0 Å². The van der Waals surface area contributed by atoms with Crippen LogP contribution < -0.4 is 5.73 Å². The zero-order chi connectivity index (χ0) is 11.7. The van der Waals surface area contributed by atoms with Gasteiger partial charge < -0.3 is 10.8 Å². The molecular weight excluding hydrogens is 190 g/mol. The van der Waals surface area contributed by atoms with E-state index in [0.717, 1.165) is 11.3 Å². The van der Waals surface area contributed by atoms with Crippen molar-refractivity contribution in [2.45, 2.75) is 6.92 Å². The molecule has 15 heavy (non-hydrogen) atoms. The molecule has 0 saturated carbocycles. The summed E-state index contributed by atoms with van der Waals surface area (Å²) in [6.45, 7) is 8.31. The van der Waals surface area contributed by atoms with Gasteiger partial charge in [0.1, 0.15) is 5.82 Å². The monoisotopic (exact) mass is 207 g/mol. The molecule has 0 saturated heterocycles. The second kappa shape index (κ2) is 7.70. The van der Waals surface area contributed by atoms with Gasteiger partial charge in [-0.05, 0) is 19.1 Å². The van der Waals surface area contributed by atoms with Crippen molar-refractivity contribution in [2.24, 2.45) is 4.99 Å². The molecule has 82 valence electrons. The molecule has 0 spiro atoms. The first kappa shape index (κ1) is 13.3. The molecule has 1 heterocycles. The van der Waals surface area contributed by atoms with Gasteiger partial charge in [0, 0.05) is 17.5 Å². The Bertz CT molecular complexity index is 323. The van der Waals surface area contributed by atoms with Crippen LogP contribution in [0.5, 0.6) is 0 Å². The Labute approximate surface area is 90.2 Å². The van der Waals surface area contributed by atoms with Gasteiger partial charge in [0.2, 0.25) is 0 Å². The first-order valence-corrected chi connectivity index (χ1v) is 4.58. The molecule has 0 fully saturated rings. The van der Waals surface area contributed by atoms with Crippen LogP contribution in [-0.2, 0) is 0 Å². The van der Waals surface area contributed by atoms with Crippen LogP contribution in [0.1, 0.15) is 12.5 Å². The third-order valence-corrected chi connectivity index (χ3v) is 1.68. The maximum absolute atomic E-state index is 8.58. The molecule has 0 radical (unpaired) electrons. The molecular formula is C11H17N3O. The molecule has 0 aliphatic rings. The highest BCUT2D eigenvalue weighted by molar-refractivity contribution is 6.02. The van der Waals surface area contributed by atoms with Crippen molar-refractivity contribution in [1.29, 1.82) is 0 Å². The summed E-state index contributed by atoms with van der Waals surface area (Å²) in [6, 6.07) is 3.67. The summed E-state index contributed by atoms with van der Waals surface area (Å²) in [5.74, 6) is 0.474. The van der Waals surface area contributed by atoms with Crippen molar-refractivity contribution in [3.63, 3.8) is 0 Å². The number of aliphatic imine (C=N–C) groups is 1. The summed E-state index contributed by atoms with van der Waals surface area (Å²) in [7, 11) is 0. The van der Waals surface area contributed by atoms with Crippen LogP contribution >= 0.6 is 0 Å². The van der Waals surface area contributed by atoms with E-state index in [4.69, 9.17) is 10.8 Å². The SMILES string of the molecule is C=C.CC(=NCCO)c1cccnc1N. The molecule has 0 bridgehead atoms. The summed E-state index contributed by atoms with van der Waals surface area (Å²) < 4.78 is 0. The Balaban J connectivity index is 0.000000921. The first-order chi connectivity index (χ1) is 7.25. The first-order valence-electron chi connectivity index (χ1n) is 4.58. The minimum atomic E-state index is 0.0531. The molecule has 4 heteroatoms. The Morgan fingerprint density at radius 2 is 2.27 bits per heavy atom. The molecule has 0 atom stereocenters. The summed E-state index contributed by atoms with van der Waals surface area (Å²) >= 11 is 0. The topological polar surface area (TPSA) is 71.5 Å². The Kier molecular flexibility index (Phi) is 6.84. The molecule has 4 nitrogen and oxygen atoms in total. The third kappa shape index (κ3) is 4.37. The molecule has 1 aromatic heterocycles. The van der Waals surface area contributed by atoms with E-state index in [2.05, 4.69) is 23.1 Å². The zero-order valence-corrected chi connectivity index (χ0v) is 8.98. The summed E-state index contributed by atoms with van der Waals surface area (Å²) in [5, 5.41) is 8.58. The van der Waals surface area contributed by atoms with Crippen LogP contribution in [0.15, 0.2) is 36.5 Å². The highest BCUT2D eigenvalue weighted by Gasteiger charge is 2.01. The van der Waals surface area contributed by atoms with Crippen molar-refractivity contribution in [1.82, 2.24) is 4.98 Å². The minimum absolute atomic E-state index is 0.0531. The lowest BCUT2D eigenvalue weighted by atomic mass is 10.2. The lowest BCUT2D eigenvalue weighted by Crippen LogP contribution is -2.04. The number of aromatic nitrogens is 1. The van der Waals surface area contributed by atoms with E-state index < -0.39 is 0 Å². The van der Waals surface area contributed by atoms with Gasteiger partial charge >= 0.3 is 0 Å². The Hall–Kier alpha value is -1.68. The number of nitrogens with zero attached hydrogens (tertiary/aromatic N) is 2. The maximum atomic E-state index is 8.58. The normalized spacial score (nSPS) is 10.4. The molecule has 0 unspecified atom stereocenters. The predicted molar refractivity (Wildman–Crippen MR) is 64.1 cm³/mol. The van der Waals surface area contributed by atoms with E-state index in [9.17, 15) is 0 Å². The van der Waals surface area contributed by atoms with E-state index in [-0.39, 0.29) is 6.61 Å². The fourth-order valence-electron chi connectivity index (χ4n) is 1.03. The standard InChI is InChI=1S/C9H13N3O.C2H4/c1-7(11-5-6-13)8-3-2-4-12-9(8)10;1-2/h2-4,13H,5-6H2,1H3,(H2,10,12);1-2H2. The molecule has 0 aromatic carbocycles.